The molecule has 1 saturated carbocycles. The SMILES string of the molecule is CCCNc1ncc(Br)cc1C(=O)N(CCOC)C1CC1. The molecule has 116 valence electrons. The maximum Gasteiger partial charge on any atom is 0.257 e. The van der Waals surface area contributed by atoms with E-state index in [1.165, 1.54) is 0 Å². The molecule has 21 heavy (non-hydrogen) atoms. The lowest BCUT2D eigenvalue weighted by Gasteiger charge is -2.23. The first kappa shape index (κ1) is 16.2. The lowest BCUT2D eigenvalue weighted by atomic mass is 10.2. The number of halogens is 1. The van der Waals surface area contributed by atoms with E-state index in [1.54, 1.807) is 13.3 Å². The summed E-state index contributed by atoms with van der Waals surface area (Å²) >= 11 is 3.40. The van der Waals surface area contributed by atoms with Gasteiger partial charge in [-0.05, 0) is 41.3 Å². The molecular formula is C15H22BrN3O2. The zero-order chi connectivity index (χ0) is 15.2. The van der Waals surface area contributed by atoms with Crippen LogP contribution in [0.25, 0.3) is 0 Å². The van der Waals surface area contributed by atoms with Gasteiger partial charge in [0, 0.05) is 36.9 Å². The van der Waals surface area contributed by atoms with Crippen molar-refractivity contribution in [1.82, 2.24) is 9.88 Å². The Morgan fingerprint density at radius 2 is 2.33 bits per heavy atom. The number of anilines is 1. The van der Waals surface area contributed by atoms with E-state index in [2.05, 4.69) is 33.2 Å². The van der Waals surface area contributed by atoms with Gasteiger partial charge in [-0.1, -0.05) is 6.92 Å². The molecule has 0 spiro atoms. The Bertz CT molecular complexity index is 492. The van der Waals surface area contributed by atoms with E-state index in [0.29, 0.717) is 30.6 Å². The highest BCUT2D eigenvalue weighted by atomic mass is 79.9. The minimum Gasteiger partial charge on any atom is -0.383 e. The van der Waals surface area contributed by atoms with Crippen LogP contribution in [0.1, 0.15) is 36.5 Å². The summed E-state index contributed by atoms with van der Waals surface area (Å²) in [5.41, 5.74) is 0.626. The summed E-state index contributed by atoms with van der Waals surface area (Å²) in [6, 6.07) is 2.20. The number of nitrogens with one attached hydrogen (secondary N) is 1. The van der Waals surface area contributed by atoms with Crippen molar-refractivity contribution in [2.24, 2.45) is 0 Å². The van der Waals surface area contributed by atoms with Gasteiger partial charge in [-0.3, -0.25) is 4.79 Å². The minimum atomic E-state index is 0.0296. The van der Waals surface area contributed by atoms with Crippen LogP contribution in [0.4, 0.5) is 5.82 Å². The first-order chi connectivity index (χ1) is 10.2. The van der Waals surface area contributed by atoms with Crippen molar-refractivity contribution in [3.8, 4) is 0 Å². The molecule has 1 aliphatic carbocycles. The molecule has 1 heterocycles. The van der Waals surface area contributed by atoms with Crippen molar-refractivity contribution >= 4 is 27.7 Å². The number of hydrogen-bond acceptors (Lipinski definition) is 4. The molecule has 0 saturated heterocycles. The molecule has 0 aromatic carbocycles. The first-order valence-corrected chi connectivity index (χ1v) is 8.16. The van der Waals surface area contributed by atoms with E-state index in [4.69, 9.17) is 4.74 Å². The lowest BCUT2D eigenvalue weighted by molar-refractivity contribution is 0.0680. The van der Waals surface area contributed by atoms with Crippen LogP contribution < -0.4 is 5.32 Å². The summed E-state index contributed by atoms with van der Waals surface area (Å²) < 4.78 is 5.94. The molecule has 0 aliphatic heterocycles. The number of nitrogens with zero attached hydrogens (tertiary/aromatic N) is 2. The van der Waals surface area contributed by atoms with Gasteiger partial charge >= 0.3 is 0 Å². The Balaban J connectivity index is 2.20. The molecule has 0 bridgehead atoms. The van der Waals surface area contributed by atoms with Gasteiger partial charge in [0.15, 0.2) is 0 Å². The van der Waals surface area contributed by atoms with E-state index in [9.17, 15) is 4.79 Å². The van der Waals surface area contributed by atoms with Gasteiger partial charge in [0.25, 0.3) is 5.91 Å². The third-order valence-corrected chi connectivity index (χ3v) is 3.85. The fraction of sp³-hybridized carbons (Fsp3) is 0.600. The average Bonchev–Trinajstić information content (AvgIpc) is 3.31. The Labute approximate surface area is 134 Å². The van der Waals surface area contributed by atoms with Crippen molar-refractivity contribution in [2.45, 2.75) is 32.2 Å². The van der Waals surface area contributed by atoms with Crippen LogP contribution >= 0.6 is 15.9 Å². The van der Waals surface area contributed by atoms with E-state index in [0.717, 1.165) is 30.3 Å². The maximum atomic E-state index is 12.8. The largest absolute Gasteiger partial charge is 0.383 e. The summed E-state index contributed by atoms with van der Waals surface area (Å²) in [7, 11) is 1.66. The van der Waals surface area contributed by atoms with Gasteiger partial charge in [0.2, 0.25) is 0 Å². The van der Waals surface area contributed by atoms with Crippen LogP contribution in [0.15, 0.2) is 16.7 Å². The second kappa shape index (κ2) is 7.75. The van der Waals surface area contributed by atoms with Crippen LogP contribution in [-0.4, -0.2) is 48.6 Å². The summed E-state index contributed by atoms with van der Waals surface area (Å²) in [6.45, 7) is 4.07. The second-order valence-electron chi connectivity index (χ2n) is 5.20. The highest BCUT2D eigenvalue weighted by molar-refractivity contribution is 9.10. The molecule has 1 amide bonds. The van der Waals surface area contributed by atoms with Crippen molar-refractivity contribution < 1.29 is 9.53 Å². The number of aromatic nitrogens is 1. The maximum absolute atomic E-state index is 12.8. The summed E-state index contributed by atoms with van der Waals surface area (Å²) in [6.07, 6.45) is 4.86. The number of methoxy groups -OCH3 is 1. The molecule has 6 heteroatoms. The summed E-state index contributed by atoms with van der Waals surface area (Å²) in [5.74, 6) is 0.690. The fourth-order valence-corrected chi connectivity index (χ4v) is 2.50. The van der Waals surface area contributed by atoms with Gasteiger partial charge in [-0.15, -0.1) is 0 Å². The molecule has 0 unspecified atom stereocenters. The predicted molar refractivity (Wildman–Crippen MR) is 86.7 cm³/mol. The Morgan fingerprint density at radius 3 is 2.95 bits per heavy atom. The number of ether oxygens (including phenoxy) is 1. The molecule has 0 atom stereocenters. The highest BCUT2D eigenvalue weighted by Gasteiger charge is 2.33. The summed E-state index contributed by atoms with van der Waals surface area (Å²) in [4.78, 5) is 19.1. The highest BCUT2D eigenvalue weighted by Crippen LogP contribution is 2.30. The van der Waals surface area contributed by atoms with Crippen LogP contribution in [0.3, 0.4) is 0 Å². The molecule has 2 rings (SSSR count). The van der Waals surface area contributed by atoms with Gasteiger partial charge in [0.1, 0.15) is 5.82 Å². The molecule has 1 N–H and O–H groups in total. The van der Waals surface area contributed by atoms with Crippen molar-refractivity contribution in [3.05, 3.63) is 22.3 Å². The zero-order valence-electron chi connectivity index (χ0n) is 12.6. The second-order valence-corrected chi connectivity index (χ2v) is 6.11. The Hall–Kier alpha value is -1.14. The van der Waals surface area contributed by atoms with Gasteiger partial charge in [-0.2, -0.15) is 0 Å². The van der Waals surface area contributed by atoms with E-state index < -0.39 is 0 Å². The standard InChI is InChI=1S/C15H22BrN3O2/c1-3-6-17-14-13(9-11(16)10-18-14)15(20)19(7-8-21-2)12-4-5-12/h9-10,12H,3-8H2,1-2H3,(H,17,18). The molecular weight excluding hydrogens is 334 g/mol. The van der Waals surface area contributed by atoms with Crippen LogP contribution in [0.2, 0.25) is 0 Å². The van der Waals surface area contributed by atoms with Crippen LogP contribution in [0, 0.1) is 0 Å². The minimum absolute atomic E-state index is 0.0296. The summed E-state index contributed by atoms with van der Waals surface area (Å²) in [5, 5.41) is 3.23. The normalized spacial score (nSPS) is 14.0. The molecule has 1 fully saturated rings. The van der Waals surface area contributed by atoms with Crippen LogP contribution in [0.5, 0.6) is 0 Å². The van der Waals surface area contributed by atoms with E-state index in [1.807, 2.05) is 11.0 Å². The number of rotatable bonds is 8. The van der Waals surface area contributed by atoms with Gasteiger partial charge < -0.3 is 15.0 Å². The van der Waals surface area contributed by atoms with Crippen molar-refractivity contribution in [3.63, 3.8) is 0 Å². The predicted octanol–water partition coefficient (Wildman–Crippen LogP) is 2.92. The van der Waals surface area contributed by atoms with E-state index >= 15 is 0 Å². The Kier molecular flexibility index (Phi) is 5.99. The molecule has 1 aliphatic rings. The third-order valence-electron chi connectivity index (χ3n) is 3.41. The number of carbonyl (C=O) groups is 1. The lowest BCUT2D eigenvalue weighted by Crippen LogP contribution is -2.36. The smallest absolute Gasteiger partial charge is 0.257 e. The topological polar surface area (TPSA) is 54.5 Å². The first-order valence-electron chi connectivity index (χ1n) is 7.36. The quantitative estimate of drug-likeness (QED) is 0.778. The van der Waals surface area contributed by atoms with Crippen molar-refractivity contribution in [2.75, 3.05) is 32.1 Å². The Morgan fingerprint density at radius 1 is 1.57 bits per heavy atom. The molecule has 1 aromatic rings. The number of pyridine rings is 1. The number of amides is 1. The molecule has 0 radical (unpaired) electrons. The van der Waals surface area contributed by atoms with E-state index in [-0.39, 0.29) is 5.91 Å². The van der Waals surface area contributed by atoms with Gasteiger partial charge in [-0.25, -0.2) is 4.98 Å². The molecule has 5 nitrogen and oxygen atoms in total. The fourth-order valence-electron chi connectivity index (χ4n) is 2.17. The number of carbonyl (C=O) groups excluding carboxylic acids is 1. The molecule has 1 aromatic heterocycles. The van der Waals surface area contributed by atoms with Crippen molar-refractivity contribution in [1.29, 1.82) is 0 Å². The zero-order valence-corrected chi connectivity index (χ0v) is 14.1. The van der Waals surface area contributed by atoms with Gasteiger partial charge in [0.05, 0.1) is 12.2 Å². The number of hydrogen-bond donors (Lipinski definition) is 1. The van der Waals surface area contributed by atoms with Crippen LogP contribution in [-0.2, 0) is 4.74 Å². The average molecular weight is 356 g/mol. The third kappa shape index (κ3) is 4.41. The monoisotopic (exact) mass is 355 g/mol.